The van der Waals surface area contributed by atoms with Crippen molar-refractivity contribution in [2.24, 2.45) is 0 Å². The van der Waals surface area contributed by atoms with Gasteiger partial charge in [-0.2, -0.15) is 0 Å². The Morgan fingerprint density at radius 3 is 2.79 bits per heavy atom. The van der Waals surface area contributed by atoms with Gasteiger partial charge in [-0.1, -0.05) is 25.8 Å². The monoisotopic (exact) mass is 278 g/mol. The number of rotatable bonds is 9. The van der Waals surface area contributed by atoms with Crippen LogP contribution in [0.2, 0.25) is 0 Å². The average Bonchev–Trinajstić information content (AvgIpc) is 2.57. The van der Waals surface area contributed by atoms with E-state index in [0.717, 1.165) is 7.11 Å². The van der Waals surface area contributed by atoms with Crippen molar-refractivity contribution in [3.05, 3.63) is 29.8 Å². The molecule has 0 saturated heterocycles. The van der Waals surface area contributed by atoms with Gasteiger partial charge in [0.15, 0.2) is 0 Å². The SMILES string of the molecule is [2H]C(O)(CNC(C([2H])([2H])[2H])C([2H])([2H])[2H])COc1ccc(C([2H])([2H])C([2H])([2H])OC)cc1. The maximum atomic E-state index is 10.1. The summed E-state index contributed by atoms with van der Waals surface area (Å²) in [5, 5.41) is 12.2. The van der Waals surface area contributed by atoms with E-state index in [9.17, 15) is 5.11 Å². The summed E-state index contributed by atoms with van der Waals surface area (Å²) < 4.78 is 92.3. The number of aryl methyl sites for hydroxylation is 1. The van der Waals surface area contributed by atoms with Gasteiger partial charge in [0.05, 0.1) is 10.7 Å². The zero-order valence-electron chi connectivity index (χ0n) is 21.6. The lowest BCUT2D eigenvalue weighted by Crippen LogP contribution is -2.35. The highest BCUT2D eigenvalue weighted by molar-refractivity contribution is 5.27. The molecule has 0 bridgehead atoms. The molecule has 0 fully saturated rings. The fourth-order valence-corrected chi connectivity index (χ4v) is 1.18. The highest BCUT2D eigenvalue weighted by atomic mass is 16.5. The molecule has 1 unspecified atom stereocenters. The van der Waals surface area contributed by atoms with Gasteiger partial charge < -0.3 is 19.9 Å². The fourth-order valence-electron chi connectivity index (χ4n) is 1.18. The molecule has 4 nitrogen and oxygen atoms in total. The minimum atomic E-state index is -2.87. The molecule has 108 valence electrons. The van der Waals surface area contributed by atoms with E-state index in [1.165, 1.54) is 24.3 Å². The van der Waals surface area contributed by atoms with Crippen molar-refractivity contribution in [1.82, 2.24) is 5.32 Å². The van der Waals surface area contributed by atoms with Gasteiger partial charge in [0.25, 0.3) is 0 Å². The predicted molar refractivity (Wildman–Crippen MR) is 76.7 cm³/mol. The third kappa shape index (κ3) is 7.15. The van der Waals surface area contributed by atoms with Crippen LogP contribution in [0.3, 0.4) is 0 Å². The smallest absolute Gasteiger partial charge is 0.119 e. The third-order valence-corrected chi connectivity index (χ3v) is 2.07. The van der Waals surface area contributed by atoms with Crippen LogP contribution < -0.4 is 10.1 Å². The average molecular weight is 278 g/mol. The molecule has 0 radical (unpaired) electrons. The molecule has 0 heterocycles. The summed E-state index contributed by atoms with van der Waals surface area (Å²) in [4.78, 5) is 0. The highest BCUT2D eigenvalue weighted by Gasteiger charge is 2.05. The first-order valence-corrected chi connectivity index (χ1v) is 5.58. The Kier molecular flexibility index (Phi) is 2.87. The molecule has 2 N–H and O–H groups in total. The number of hydrogen-bond acceptors (Lipinski definition) is 4. The first-order chi connectivity index (χ1) is 13.3. The van der Waals surface area contributed by atoms with E-state index in [1.54, 1.807) is 0 Å². The molecule has 0 aliphatic heterocycles. The normalized spacial score (nSPS) is 25.7. The van der Waals surface area contributed by atoms with Gasteiger partial charge in [0, 0.05) is 30.7 Å². The van der Waals surface area contributed by atoms with E-state index < -0.39 is 51.9 Å². The standard InChI is InChI=1S/C15H25NO3/c1-12(2)16-10-14(17)11-19-15-6-4-13(5-7-15)8-9-18-3/h4-7,12,14,16-17H,8-11H2,1-3H3/i1D3,2D3,8D2,9D2,14D. The van der Waals surface area contributed by atoms with Crippen LogP contribution in [-0.4, -0.2) is 44.0 Å². The minimum Gasteiger partial charge on any atom is -0.491 e. The maximum Gasteiger partial charge on any atom is 0.119 e. The summed E-state index contributed by atoms with van der Waals surface area (Å²) in [5.41, 5.74) is -0.0253. The van der Waals surface area contributed by atoms with E-state index in [1.807, 2.05) is 0 Å². The summed E-state index contributed by atoms with van der Waals surface area (Å²) in [6.45, 7) is -9.65. The Balaban J connectivity index is 2.77. The fraction of sp³-hybridized carbons (Fsp3) is 0.600. The van der Waals surface area contributed by atoms with Crippen molar-refractivity contribution in [2.75, 3.05) is 26.8 Å². The van der Waals surface area contributed by atoms with E-state index in [-0.39, 0.29) is 11.3 Å². The maximum absolute atomic E-state index is 10.1. The van der Waals surface area contributed by atoms with Crippen molar-refractivity contribution in [3.63, 3.8) is 0 Å². The van der Waals surface area contributed by atoms with Crippen molar-refractivity contribution in [2.45, 2.75) is 32.2 Å². The summed E-state index contributed by atoms with van der Waals surface area (Å²) in [7, 11) is 1.04. The number of hydrogen-bond donors (Lipinski definition) is 2. The number of benzene rings is 1. The summed E-state index contributed by atoms with van der Waals surface area (Å²) in [6.07, 6.45) is -4.81. The molecule has 4 heteroatoms. The van der Waals surface area contributed by atoms with E-state index in [0.29, 0.717) is 0 Å². The molecule has 1 atom stereocenters. The van der Waals surface area contributed by atoms with Crippen molar-refractivity contribution in [1.29, 1.82) is 0 Å². The molecule has 1 aromatic carbocycles. The van der Waals surface area contributed by atoms with Crippen molar-refractivity contribution >= 4 is 0 Å². The van der Waals surface area contributed by atoms with Crippen LogP contribution in [-0.2, 0) is 11.1 Å². The molecule has 0 aromatic heterocycles. The van der Waals surface area contributed by atoms with Crippen LogP contribution in [0, 0.1) is 0 Å². The second-order valence-corrected chi connectivity index (χ2v) is 3.62. The van der Waals surface area contributed by atoms with Gasteiger partial charge in [-0.15, -0.1) is 0 Å². The van der Waals surface area contributed by atoms with E-state index in [2.05, 4.69) is 10.1 Å². The molecule has 1 aromatic rings. The van der Waals surface area contributed by atoms with Gasteiger partial charge >= 0.3 is 0 Å². The molecular formula is C15H25NO3. The summed E-state index contributed by atoms with van der Waals surface area (Å²) in [5.74, 6) is 0.126. The van der Waals surface area contributed by atoms with Gasteiger partial charge in [-0.05, 0) is 24.1 Å². The zero-order valence-corrected chi connectivity index (χ0v) is 10.6. The zero-order chi connectivity index (χ0) is 23.6. The van der Waals surface area contributed by atoms with Crippen LogP contribution in [0.15, 0.2) is 24.3 Å². The Labute approximate surface area is 131 Å². The van der Waals surface area contributed by atoms with Crippen LogP contribution in [0.1, 0.15) is 34.3 Å². The molecule has 0 spiro atoms. The topological polar surface area (TPSA) is 50.7 Å². The lowest BCUT2D eigenvalue weighted by atomic mass is 10.1. The van der Waals surface area contributed by atoms with Crippen LogP contribution in [0.25, 0.3) is 0 Å². The first-order valence-electron chi connectivity index (χ1n) is 11.1. The Hall–Kier alpha value is -1.10. The number of methoxy groups -OCH3 is 1. The van der Waals surface area contributed by atoms with E-state index >= 15 is 0 Å². The number of nitrogens with one attached hydrogen (secondary N) is 1. The largest absolute Gasteiger partial charge is 0.491 e. The second kappa shape index (κ2) is 8.91. The highest BCUT2D eigenvalue weighted by Crippen LogP contribution is 2.12. The Morgan fingerprint density at radius 1 is 1.42 bits per heavy atom. The molecule has 1 rings (SSSR count). The first kappa shape index (κ1) is 6.12. The van der Waals surface area contributed by atoms with Crippen molar-refractivity contribution < 1.29 is 29.7 Å². The molecular weight excluding hydrogens is 242 g/mol. The van der Waals surface area contributed by atoms with Crippen LogP contribution >= 0.6 is 0 Å². The van der Waals surface area contributed by atoms with Crippen LogP contribution in [0.4, 0.5) is 0 Å². The molecule has 19 heavy (non-hydrogen) atoms. The van der Waals surface area contributed by atoms with Crippen molar-refractivity contribution in [3.8, 4) is 5.75 Å². The third-order valence-electron chi connectivity index (χ3n) is 2.07. The Bertz CT molecular complexity index is 673. The summed E-state index contributed by atoms with van der Waals surface area (Å²) >= 11 is 0. The lowest BCUT2D eigenvalue weighted by molar-refractivity contribution is 0.104. The number of ether oxygens (including phenoxy) is 2. The van der Waals surface area contributed by atoms with Gasteiger partial charge in [-0.25, -0.2) is 0 Å². The number of aliphatic hydroxyl groups is 1. The molecule has 0 amide bonds. The van der Waals surface area contributed by atoms with E-state index in [4.69, 9.17) is 19.8 Å². The van der Waals surface area contributed by atoms with Crippen LogP contribution in [0.5, 0.6) is 5.75 Å². The second-order valence-electron chi connectivity index (χ2n) is 3.62. The molecule has 0 aliphatic rings. The van der Waals surface area contributed by atoms with Gasteiger partial charge in [0.1, 0.15) is 18.4 Å². The summed E-state index contributed by atoms with van der Waals surface area (Å²) in [6, 6.07) is 3.19. The Morgan fingerprint density at radius 2 is 2.16 bits per heavy atom. The van der Waals surface area contributed by atoms with Gasteiger partial charge in [0.2, 0.25) is 0 Å². The quantitative estimate of drug-likeness (QED) is 0.720. The lowest BCUT2D eigenvalue weighted by Gasteiger charge is -2.15. The molecule has 0 saturated carbocycles. The predicted octanol–water partition coefficient (Wildman–Crippen LogP) is 1.61. The minimum absolute atomic E-state index is 0.0253. The van der Waals surface area contributed by atoms with Gasteiger partial charge in [-0.3, -0.25) is 0 Å². The molecule has 0 aliphatic carbocycles.